The lowest BCUT2D eigenvalue weighted by atomic mass is 10.3. The number of hydrogen-bond acceptors (Lipinski definition) is 4. The quantitative estimate of drug-likeness (QED) is 0.432. The lowest BCUT2D eigenvalue weighted by Crippen LogP contribution is -2.36. The van der Waals surface area contributed by atoms with Crippen LogP contribution in [-0.4, -0.2) is 29.2 Å². The maximum absolute atomic E-state index is 11.5. The minimum atomic E-state index is -0.651. The van der Waals surface area contributed by atoms with Gasteiger partial charge in [-0.3, -0.25) is 14.5 Å². The van der Waals surface area contributed by atoms with Crippen LogP contribution in [0.25, 0.3) is 0 Å². The van der Waals surface area contributed by atoms with Crippen molar-refractivity contribution in [1.29, 1.82) is 0 Å². The second-order valence-electron chi connectivity index (χ2n) is 3.38. The summed E-state index contributed by atoms with van der Waals surface area (Å²) in [5, 5.41) is 0. The molecule has 1 aromatic rings. The fraction of sp³-hybridized carbons (Fsp3) is 0.0833. The highest BCUT2D eigenvalue weighted by Crippen LogP contribution is 2.10. The molecular formula is C12H9NO4. The van der Waals surface area contributed by atoms with Gasteiger partial charge in [0.2, 0.25) is 0 Å². The van der Waals surface area contributed by atoms with E-state index in [9.17, 15) is 14.4 Å². The molecule has 0 fully saturated rings. The molecule has 5 nitrogen and oxygen atoms in total. The number of carbonyl (C=O) groups is 3. The molecule has 1 aromatic carbocycles. The summed E-state index contributed by atoms with van der Waals surface area (Å²) >= 11 is 0. The van der Waals surface area contributed by atoms with Gasteiger partial charge >= 0.3 is 5.97 Å². The molecular weight excluding hydrogens is 222 g/mol. The van der Waals surface area contributed by atoms with E-state index in [0.29, 0.717) is 5.75 Å². The molecule has 0 atom stereocenters. The number of imide groups is 1. The lowest BCUT2D eigenvalue weighted by molar-refractivity contribution is -0.146. The Balaban J connectivity index is 1.94. The molecule has 0 bridgehead atoms. The van der Waals surface area contributed by atoms with Gasteiger partial charge < -0.3 is 4.74 Å². The standard InChI is InChI=1S/C12H9NO4/c14-10-6-7-11(15)13(10)8-12(16)17-9-4-2-1-3-5-9/h1-7H,8H2. The highest BCUT2D eigenvalue weighted by Gasteiger charge is 2.26. The van der Waals surface area contributed by atoms with Crippen LogP contribution in [0.4, 0.5) is 0 Å². The van der Waals surface area contributed by atoms with Crippen molar-refractivity contribution in [2.75, 3.05) is 6.54 Å². The number of ether oxygens (including phenoxy) is 1. The second-order valence-corrected chi connectivity index (χ2v) is 3.38. The number of esters is 1. The van der Waals surface area contributed by atoms with Crippen LogP contribution in [0, 0.1) is 0 Å². The summed E-state index contributed by atoms with van der Waals surface area (Å²) in [5.74, 6) is -1.27. The Morgan fingerprint density at radius 1 is 1.06 bits per heavy atom. The average molecular weight is 231 g/mol. The molecule has 1 aliphatic rings. The molecule has 17 heavy (non-hydrogen) atoms. The SMILES string of the molecule is O=C(CN1C(=O)C=CC1=O)Oc1ccccc1. The Morgan fingerprint density at radius 3 is 2.24 bits per heavy atom. The largest absolute Gasteiger partial charge is 0.425 e. The Hall–Kier alpha value is -2.43. The summed E-state index contributed by atoms with van der Waals surface area (Å²) in [6, 6.07) is 8.45. The van der Waals surface area contributed by atoms with Crippen LogP contribution in [-0.2, 0) is 14.4 Å². The molecule has 0 N–H and O–H groups in total. The van der Waals surface area contributed by atoms with E-state index in [1.807, 2.05) is 0 Å². The first-order valence-electron chi connectivity index (χ1n) is 4.96. The number of hydrogen-bond donors (Lipinski definition) is 0. The zero-order valence-corrected chi connectivity index (χ0v) is 8.83. The summed E-state index contributed by atoms with van der Waals surface area (Å²) < 4.78 is 4.96. The van der Waals surface area contributed by atoms with Gasteiger partial charge in [-0.25, -0.2) is 4.79 Å². The van der Waals surface area contributed by atoms with Crippen LogP contribution >= 0.6 is 0 Å². The van der Waals surface area contributed by atoms with Crippen LogP contribution in [0.15, 0.2) is 42.5 Å². The molecule has 2 rings (SSSR count). The highest BCUT2D eigenvalue weighted by atomic mass is 16.5. The number of benzene rings is 1. The van der Waals surface area contributed by atoms with Gasteiger partial charge in [0.15, 0.2) is 0 Å². The molecule has 86 valence electrons. The molecule has 0 aromatic heterocycles. The van der Waals surface area contributed by atoms with Gasteiger partial charge in [0, 0.05) is 12.2 Å². The van der Waals surface area contributed by atoms with Crippen molar-refractivity contribution in [3.05, 3.63) is 42.5 Å². The van der Waals surface area contributed by atoms with Crippen molar-refractivity contribution in [3.63, 3.8) is 0 Å². The summed E-state index contributed by atoms with van der Waals surface area (Å²) in [5.41, 5.74) is 0. The zero-order chi connectivity index (χ0) is 12.3. The molecule has 0 saturated heterocycles. The maximum atomic E-state index is 11.5. The molecule has 1 heterocycles. The van der Waals surface area contributed by atoms with Crippen LogP contribution in [0.1, 0.15) is 0 Å². The number of para-hydroxylation sites is 1. The van der Waals surface area contributed by atoms with E-state index in [-0.39, 0.29) is 6.54 Å². The average Bonchev–Trinajstić information content (AvgIpc) is 2.62. The molecule has 0 spiro atoms. The number of carbonyl (C=O) groups excluding carboxylic acids is 3. The third kappa shape index (κ3) is 2.57. The first-order valence-corrected chi connectivity index (χ1v) is 4.96. The van der Waals surface area contributed by atoms with Gasteiger partial charge in [-0.05, 0) is 12.1 Å². The first kappa shape index (κ1) is 11.1. The van der Waals surface area contributed by atoms with E-state index in [0.717, 1.165) is 17.1 Å². The van der Waals surface area contributed by atoms with Crippen molar-refractivity contribution >= 4 is 17.8 Å². The summed E-state index contributed by atoms with van der Waals surface area (Å²) in [6.45, 7) is -0.375. The van der Waals surface area contributed by atoms with Crippen LogP contribution in [0.2, 0.25) is 0 Å². The number of amides is 2. The second kappa shape index (κ2) is 4.61. The van der Waals surface area contributed by atoms with Crippen molar-refractivity contribution in [2.45, 2.75) is 0 Å². The van der Waals surface area contributed by atoms with Crippen molar-refractivity contribution in [2.24, 2.45) is 0 Å². The van der Waals surface area contributed by atoms with E-state index in [2.05, 4.69) is 0 Å². The summed E-state index contributed by atoms with van der Waals surface area (Å²) in [4.78, 5) is 34.7. The van der Waals surface area contributed by atoms with Gasteiger partial charge in [-0.1, -0.05) is 18.2 Å². The zero-order valence-electron chi connectivity index (χ0n) is 8.83. The van der Waals surface area contributed by atoms with Gasteiger partial charge in [0.25, 0.3) is 11.8 Å². The smallest absolute Gasteiger partial charge is 0.331 e. The normalized spacial score (nSPS) is 14.2. The third-order valence-electron chi connectivity index (χ3n) is 2.16. The van der Waals surface area contributed by atoms with E-state index in [4.69, 9.17) is 4.74 Å². The predicted molar refractivity (Wildman–Crippen MR) is 57.9 cm³/mol. The van der Waals surface area contributed by atoms with Crippen LogP contribution < -0.4 is 4.74 Å². The van der Waals surface area contributed by atoms with Gasteiger partial charge in [0.1, 0.15) is 12.3 Å². The molecule has 0 saturated carbocycles. The maximum Gasteiger partial charge on any atom is 0.331 e. The molecule has 5 heteroatoms. The summed E-state index contributed by atoms with van der Waals surface area (Å²) in [6.07, 6.45) is 2.25. The van der Waals surface area contributed by atoms with Crippen LogP contribution in [0.3, 0.4) is 0 Å². The minimum Gasteiger partial charge on any atom is -0.425 e. The molecule has 0 aliphatic carbocycles. The number of rotatable bonds is 3. The first-order chi connectivity index (χ1) is 8.16. The van der Waals surface area contributed by atoms with E-state index >= 15 is 0 Å². The van der Waals surface area contributed by atoms with Crippen molar-refractivity contribution in [1.82, 2.24) is 4.90 Å². The molecule has 0 unspecified atom stereocenters. The molecule has 1 aliphatic heterocycles. The van der Waals surface area contributed by atoms with E-state index < -0.39 is 17.8 Å². The van der Waals surface area contributed by atoms with Crippen LogP contribution in [0.5, 0.6) is 5.75 Å². The lowest BCUT2D eigenvalue weighted by Gasteiger charge is -2.12. The Bertz CT molecular complexity index is 474. The summed E-state index contributed by atoms with van der Waals surface area (Å²) in [7, 11) is 0. The third-order valence-corrected chi connectivity index (χ3v) is 2.16. The predicted octanol–water partition coefficient (Wildman–Crippen LogP) is 0.517. The van der Waals surface area contributed by atoms with Crippen molar-refractivity contribution in [3.8, 4) is 5.75 Å². The fourth-order valence-electron chi connectivity index (χ4n) is 1.37. The molecule has 2 amide bonds. The monoisotopic (exact) mass is 231 g/mol. The van der Waals surface area contributed by atoms with Gasteiger partial charge in [0.05, 0.1) is 0 Å². The highest BCUT2D eigenvalue weighted by molar-refractivity contribution is 6.14. The van der Waals surface area contributed by atoms with Gasteiger partial charge in [-0.15, -0.1) is 0 Å². The van der Waals surface area contributed by atoms with Crippen molar-refractivity contribution < 1.29 is 19.1 Å². The fourth-order valence-corrected chi connectivity index (χ4v) is 1.37. The molecule has 0 radical (unpaired) electrons. The van der Waals surface area contributed by atoms with E-state index in [1.165, 1.54) is 0 Å². The van der Waals surface area contributed by atoms with E-state index in [1.54, 1.807) is 30.3 Å². The Morgan fingerprint density at radius 2 is 1.65 bits per heavy atom. The Kier molecular flexibility index (Phi) is 3.00. The topological polar surface area (TPSA) is 63.7 Å². The minimum absolute atomic E-state index is 0.375. The van der Waals surface area contributed by atoms with Gasteiger partial charge in [-0.2, -0.15) is 0 Å². The Labute approximate surface area is 97.3 Å². The number of nitrogens with zero attached hydrogens (tertiary/aromatic N) is 1.